The molecule has 19 heavy (non-hydrogen) atoms. The number of hydrogen-bond acceptors (Lipinski definition) is 2. The Labute approximate surface area is 111 Å². The number of unbranched alkanes of at least 4 members (excludes halogenated alkanes) is 3. The van der Waals surface area contributed by atoms with Crippen LogP contribution in [0.1, 0.15) is 32.6 Å². The molecule has 6 nitrogen and oxygen atoms in total. The number of aromatic nitrogens is 4. The lowest BCUT2D eigenvalue weighted by atomic mass is 10.2. The van der Waals surface area contributed by atoms with Crippen LogP contribution in [0.3, 0.4) is 0 Å². The molecular formula is C13H22N4O2+2. The second kappa shape index (κ2) is 5.42. The molecule has 0 bridgehead atoms. The molecule has 0 fully saturated rings. The van der Waals surface area contributed by atoms with Crippen molar-refractivity contribution in [2.75, 3.05) is 0 Å². The van der Waals surface area contributed by atoms with Crippen LogP contribution in [-0.2, 0) is 20.6 Å². The molecule has 2 rings (SSSR count). The van der Waals surface area contributed by atoms with Crippen LogP contribution < -0.4 is 14.7 Å². The molecular weight excluding hydrogens is 244 g/mol. The SMILES string of the molecule is CCCCCCn1c(O)[n+](C)c2[nH]c[n+](C)c2c1=O. The lowest BCUT2D eigenvalue weighted by Crippen LogP contribution is -2.42. The van der Waals surface area contributed by atoms with E-state index >= 15 is 0 Å². The highest BCUT2D eigenvalue weighted by atomic mass is 16.3. The van der Waals surface area contributed by atoms with Gasteiger partial charge < -0.3 is 5.11 Å². The first-order chi connectivity index (χ1) is 9.07. The van der Waals surface area contributed by atoms with Crippen LogP contribution in [0.25, 0.3) is 11.2 Å². The molecule has 2 heterocycles. The Morgan fingerprint density at radius 3 is 2.74 bits per heavy atom. The van der Waals surface area contributed by atoms with E-state index in [9.17, 15) is 9.90 Å². The predicted molar refractivity (Wildman–Crippen MR) is 70.7 cm³/mol. The summed E-state index contributed by atoms with van der Waals surface area (Å²) >= 11 is 0. The molecule has 0 aliphatic carbocycles. The molecule has 0 saturated heterocycles. The van der Waals surface area contributed by atoms with Crippen molar-refractivity contribution >= 4 is 11.2 Å². The summed E-state index contributed by atoms with van der Waals surface area (Å²) in [5, 5.41) is 10.1. The van der Waals surface area contributed by atoms with Gasteiger partial charge in [-0.2, -0.15) is 9.13 Å². The van der Waals surface area contributed by atoms with Crippen LogP contribution in [0.2, 0.25) is 0 Å². The number of rotatable bonds is 5. The highest BCUT2D eigenvalue weighted by molar-refractivity contribution is 5.60. The van der Waals surface area contributed by atoms with E-state index in [4.69, 9.17) is 0 Å². The minimum Gasteiger partial charge on any atom is -0.458 e. The van der Waals surface area contributed by atoms with Gasteiger partial charge in [-0.3, -0.25) is 0 Å². The van der Waals surface area contributed by atoms with Crippen LogP contribution in [0, 0.1) is 0 Å². The maximum Gasteiger partial charge on any atom is 0.400 e. The first kappa shape index (κ1) is 13.6. The number of hydrogen-bond donors (Lipinski definition) is 2. The molecule has 0 saturated carbocycles. The van der Waals surface area contributed by atoms with Crippen molar-refractivity contribution in [3.8, 4) is 6.01 Å². The number of nitrogens with zero attached hydrogens (tertiary/aromatic N) is 3. The smallest absolute Gasteiger partial charge is 0.400 e. The number of imidazole rings is 1. The standard InChI is InChI=1S/C13H20N4O2/c1-4-5-6-7-8-17-12(18)10-11(14-9-15(10)2)16(3)13(17)19/h9H,4-8H2,1-3H3/p+2. The Morgan fingerprint density at radius 1 is 1.32 bits per heavy atom. The average molecular weight is 266 g/mol. The maximum absolute atomic E-state index is 12.4. The van der Waals surface area contributed by atoms with Gasteiger partial charge in [-0.1, -0.05) is 26.2 Å². The Morgan fingerprint density at radius 2 is 2.05 bits per heavy atom. The van der Waals surface area contributed by atoms with Gasteiger partial charge in [0.2, 0.25) is 6.33 Å². The molecule has 2 N–H and O–H groups in total. The molecule has 104 valence electrons. The monoisotopic (exact) mass is 266 g/mol. The third-order valence-electron chi connectivity index (χ3n) is 3.53. The molecule has 0 spiro atoms. The molecule has 2 aromatic rings. The predicted octanol–water partition coefficient (Wildman–Crippen LogP) is 0.264. The van der Waals surface area contributed by atoms with E-state index in [1.165, 1.54) is 4.57 Å². The summed E-state index contributed by atoms with van der Waals surface area (Å²) in [5.41, 5.74) is 1.07. The second-order valence-corrected chi connectivity index (χ2v) is 4.96. The average Bonchev–Trinajstić information content (AvgIpc) is 2.77. The second-order valence-electron chi connectivity index (χ2n) is 4.96. The molecule has 0 amide bonds. The molecule has 6 heteroatoms. The summed E-state index contributed by atoms with van der Waals surface area (Å²) in [6, 6.07) is -0.00329. The van der Waals surface area contributed by atoms with Crippen molar-refractivity contribution in [1.29, 1.82) is 0 Å². The van der Waals surface area contributed by atoms with Crippen molar-refractivity contribution in [2.45, 2.75) is 39.2 Å². The summed E-state index contributed by atoms with van der Waals surface area (Å²) in [4.78, 5) is 15.4. The quantitative estimate of drug-likeness (QED) is 0.602. The van der Waals surface area contributed by atoms with Crippen molar-refractivity contribution in [1.82, 2.24) is 9.55 Å². The molecule has 0 aromatic carbocycles. The molecule has 0 unspecified atom stereocenters. The molecule has 2 aromatic heterocycles. The number of aryl methyl sites for hydroxylation is 2. The minimum atomic E-state index is -0.147. The van der Waals surface area contributed by atoms with E-state index < -0.39 is 0 Å². The van der Waals surface area contributed by atoms with Crippen molar-refractivity contribution in [2.24, 2.45) is 14.1 Å². The summed E-state index contributed by atoms with van der Waals surface area (Å²) in [7, 11) is 3.56. The lowest BCUT2D eigenvalue weighted by molar-refractivity contribution is -0.668. The van der Waals surface area contributed by atoms with Gasteiger partial charge in [0.25, 0.3) is 5.52 Å². The fourth-order valence-corrected chi connectivity index (χ4v) is 2.36. The Kier molecular flexibility index (Phi) is 3.87. The summed E-state index contributed by atoms with van der Waals surface area (Å²) in [6.45, 7) is 2.70. The Balaban J connectivity index is 2.43. The van der Waals surface area contributed by atoms with E-state index in [0.717, 1.165) is 25.7 Å². The van der Waals surface area contributed by atoms with Crippen LogP contribution in [0.15, 0.2) is 11.1 Å². The maximum atomic E-state index is 12.4. The fourth-order valence-electron chi connectivity index (χ4n) is 2.36. The zero-order valence-electron chi connectivity index (χ0n) is 11.8. The first-order valence-electron chi connectivity index (χ1n) is 6.76. The Hall–Kier alpha value is -1.85. The van der Waals surface area contributed by atoms with E-state index in [1.807, 2.05) is 7.05 Å². The van der Waals surface area contributed by atoms with Crippen LogP contribution in [-0.4, -0.2) is 14.7 Å². The van der Waals surface area contributed by atoms with E-state index in [1.54, 1.807) is 22.5 Å². The highest BCUT2D eigenvalue weighted by Gasteiger charge is 2.25. The summed E-state index contributed by atoms with van der Waals surface area (Å²) in [6.07, 6.45) is 6.00. The van der Waals surface area contributed by atoms with Gasteiger partial charge in [0.15, 0.2) is 0 Å². The van der Waals surface area contributed by atoms with E-state index in [2.05, 4.69) is 11.9 Å². The molecule has 0 aliphatic heterocycles. The van der Waals surface area contributed by atoms with Gasteiger partial charge in [0.1, 0.15) is 0 Å². The van der Waals surface area contributed by atoms with Crippen molar-refractivity contribution in [3.05, 3.63) is 16.7 Å². The zero-order chi connectivity index (χ0) is 14.0. The van der Waals surface area contributed by atoms with Gasteiger partial charge in [0, 0.05) is 0 Å². The lowest BCUT2D eigenvalue weighted by Gasteiger charge is -2.05. The number of fused-ring (bicyclic) bond motifs is 1. The number of nitrogens with one attached hydrogen (secondary N) is 1. The van der Waals surface area contributed by atoms with Gasteiger partial charge >= 0.3 is 17.2 Å². The van der Waals surface area contributed by atoms with Crippen molar-refractivity contribution < 1.29 is 14.2 Å². The minimum absolute atomic E-state index is 0.00329. The van der Waals surface area contributed by atoms with Gasteiger partial charge in [-0.05, 0) is 6.42 Å². The van der Waals surface area contributed by atoms with Crippen LogP contribution in [0.5, 0.6) is 6.01 Å². The molecule has 0 aliphatic rings. The number of H-pyrrole nitrogens is 1. The van der Waals surface area contributed by atoms with E-state index in [-0.39, 0.29) is 11.6 Å². The molecule has 0 atom stereocenters. The normalized spacial score (nSPS) is 11.3. The van der Waals surface area contributed by atoms with Gasteiger partial charge in [-0.25, -0.2) is 14.3 Å². The van der Waals surface area contributed by atoms with Crippen LogP contribution in [0.4, 0.5) is 0 Å². The number of aromatic hydroxyl groups is 1. The topological polar surface area (TPSA) is 65.8 Å². The Bertz CT molecular complexity index is 642. The fraction of sp³-hybridized carbons (Fsp3) is 0.615. The zero-order valence-corrected chi connectivity index (χ0v) is 11.8. The van der Waals surface area contributed by atoms with Crippen LogP contribution >= 0.6 is 0 Å². The largest absolute Gasteiger partial charge is 0.458 e. The van der Waals surface area contributed by atoms with Gasteiger partial charge in [0.05, 0.1) is 20.6 Å². The first-order valence-corrected chi connectivity index (χ1v) is 6.76. The highest BCUT2D eigenvalue weighted by Crippen LogP contribution is 2.07. The van der Waals surface area contributed by atoms with E-state index in [0.29, 0.717) is 17.7 Å². The third-order valence-corrected chi connectivity index (χ3v) is 3.53. The molecule has 0 radical (unpaired) electrons. The third kappa shape index (κ3) is 2.34. The summed E-state index contributed by atoms with van der Waals surface area (Å²) in [5.74, 6) is 0. The van der Waals surface area contributed by atoms with Gasteiger partial charge in [-0.15, -0.1) is 0 Å². The van der Waals surface area contributed by atoms with Crippen molar-refractivity contribution in [3.63, 3.8) is 0 Å². The number of aromatic amines is 1. The summed E-state index contributed by atoms with van der Waals surface area (Å²) < 4.78 is 4.81.